The van der Waals surface area contributed by atoms with Gasteiger partial charge in [-0.25, -0.2) is 13.1 Å². The van der Waals surface area contributed by atoms with Gasteiger partial charge in [-0.15, -0.1) is 0 Å². The van der Waals surface area contributed by atoms with Crippen LogP contribution in [-0.4, -0.2) is 43.8 Å². The molecule has 1 aromatic carbocycles. The number of rotatable bonds is 5. The van der Waals surface area contributed by atoms with E-state index in [0.717, 1.165) is 6.07 Å². The lowest BCUT2D eigenvalue weighted by Gasteiger charge is -2.31. The minimum absolute atomic E-state index is 0.151. The third kappa shape index (κ3) is 3.97. The van der Waals surface area contributed by atoms with Crippen LogP contribution in [0.25, 0.3) is 0 Å². The van der Waals surface area contributed by atoms with E-state index in [2.05, 4.69) is 4.72 Å². The molecule has 21 heavy (non-hydrogen) atoms. The lowest BCUT2D eigenvalue weighted by Crippen LogP contribution is -2.46. The van der Waals surface area contributed by atoms with Crippen LogP contribution in [0.15, 0.2) is 29.2 Å². The van der Waals surface area contributed by atoms with E-state index in [9.17, 15) is 23.6 Å². The molecular weight excluding hydrogens is 300 g/mol. The molecule has 1 aliphatic rings. The van der Waals surface area contributed by atoms with Gasteiger partial charge in [0.15, 0.2) is 0 Å². The van der Waals surface area contributed by atoms with Crippen molar-refractivity contribution < 1.29 is 23.2 Å². The number of ether oxygens (including phenoxy) is 1. The van der Waals surface area contributed by atoms with Crippen LogP contribution in [0.1, 0.15) is 12.8 Å². The Balaban J connectivity index is 2.11. The molecule has 1 heterocycles. The van der Waals surface area contributed by atoms with Gasteiger partial charge in [0.05, 0.1) is 15.4 Å². The first-order valence-electron chi connectivity index (χ1n) is 6.37. The summed E-state index contributed by atoms with van der Waals surface area (Å²) in [6, 6.07) is 4.76. The summed E-state index contributed by atoms with van der Waals surface area (Å²) in [6.07, 6.45) is 0.676. The highest BCUT2D eigenvalue weighted by atomic mass is 32.2. The number of nitro groups is 1. The lowest BCUT2D eigenvalue weighted by atomic mass is 9.95. The molecule has 1 aliphatic heterocycles. The summed E-state index contributed by atoms with van der Waals surface area (Å²) in [7, 11) is -3.91. The number of hydrogen-bond donors (Lipinski definition) is 2. The fourth-order valence-electron chi connectivity index (χ4n) is 2.01. The quantitative estimate of drug-likeness (QED) is 0.600. The Hall–Kier alpha value is -1.55. The molecule has 0 atom stereocenters. The van der Waals surface area contributed by atoms with Gasteiger partial charge in [0.25, 0.3) is 5.69 Å². The molecule has 0 radical (unpaired) electrons. The lowest BCUT2D eigenvalue weighted by molar-refractivity contribution is -0.385. The second-order valence-electron chi connectivity index (χ2n) is 4.92. The average molecular weight is 316 g/mol. The molecule has 0 aliphatic carbocycles. The van der Waals surface area contributed by atoms with Gasteiger partial charge in [0, 0.05) is 44.7 Å². The molecule has 1 saturated heterocycles. The van der Waals surface area contributed by atoms with Crippen molar-refractivity contribution in [3.05, 3.63) is 34.4 Å². The molecule has 9 heteroatoms. The van der Waals surface area contributed by atoms with Crippen LogP contribution in [0.3, 0.4) is 0 Å². The van der Waals surface area contributed by atoms with Crippen molar-refractivity contribution in [3.8, 4) is 0 Å². The highest BCUT2D eigenvalue weighted by molar-refractivity contribution is 7.89. The van der Waals surface area contributed by atoms with E-state index in [4.69, 9.17) is 4.74 Å². The van der Waals surface area contributed by atoms with Crippen LogP contribution < -0.4 is 4.72 Å². The summed E-state index contributed by atoms with van der Waals surface area (Å²) in [6.45, 7) is 0.589. The number of benzene rings is 1. The van der Waals surface area contributed by atoms with Gasteiger partial charge >= 0.3 is 0 Å². The monoisotopic (exact) mass is 316 g/mol. The Morgan fingerprint density at radius 3 is 2.67 bits per heavy atom. The Morgan fingerprint density at radius 2 is 2.05 bits per heavy atom. The van der Waals surface area contributed by atoms with Gasteiger partial charge in [-0.05, 0) is 6.07 Å². The molecular formula is C12H16N2O6S. The van der Waals surface area contributed by atoms with Crippen molar-refractivity contribution in [3.63, 3.8) is 0 Å². The van der Waals surface area contributed by atoms with Crippen LogP contribution in [-0.2, 0) is 14.8 Å². The zero-order valence-corrected chi connectivity index (χ0v) is 12.0. The maximum absolute atomic E-state index is 12.1. The molecule has 0 spiro atoms. The van der Waals surface area contributed by atoms with Gasteiger partial charge in [-0.2, -0.15) is 0 Å². The average Bonchev–Trinajstić information content (AvgIpc) is 2.46. The van der Waals surface area contributed by atoms with Crippen molar-refractivity contribution in [2.75, 3.05) is 19.8 Å². The molecule has 0 saturated carbocycles. The van der Waals surface area contributed by atoms with Crippen LogP contribution >= 0.6 is 0 Å². The van der Waals surface area contributed by atoms with E-state index < -0.39 is 20.5 Å². The number of hydrogen-bond acceptors (Lipinski definition) is 6. The SMILES string of the molecule is O=[N+]([O-])c1cccc(S(=O)(=O)NCC2(O)CCOCC2)c1. The summed E-state index contributed by atoms with van der Waals surface area (Å²) in [4.78, 5) is 9.81. The van der Waals surface area contributed by atoms with Crippen LogP contribution in [0, 0.1) is 10.1 Å². The maximum atomic E-state index is 12.1. The van der Waals surface area contributed by atoms with Gasteiger partial charge in [0.1, 0.15) is 0 Å². The van der Waals surface area contributed by atoms with E-state index in [1.165, 1.54) is 18.2 Å². The number of nitrogens with one attached hydrogen (secondary N) is 1. The standard InChI is InChI=1S/C12H16N2O6S/c15-12(4-6-20-7-5-12)9-13-21(18,19)11-3-1-2-10(8-11)14(16)17/h1-3,8,13,15H,4-7,9H2. The van der Waals surface area contributed by atoms with E-state index in [-0.39, 0.29) is 17.1 Å². The summed E-state index contributed by atoms with van der Waals surface area (Å²) < 4.78 is 31.6. The highest BCUT2D eigenvalue weighted by Gasteiger charge is 2.31. The fraction of sp³-hybridized carbons (Fsp3) is 0.500. The van der Waals surface area contributed by atoms with Gasteiger partial charge in [-0.3, -0.25) is 10.1 Å². The summed E-state index contributed by atoms with van der Waals surface area (Å²) in [5.41, 5.74) is -1.45. The Morgan fingerprint density at radius 1 is 1.38 bits per heavy atom. The van der Waals surface area contributed by atoms with Crippen molar-refractivity contribution in [2.45, 2.75) is 23.3 Å². The largest absolute Gasteiger partial charge is 0.388 e. The Labute approximate surface area is 121 Å². The highest BCUT2D eigenvalue weighted by Crippen LogP contribution is 2.21. The van der Waals surface area contributed by atoms with Gasteiger partial charge in [0.2, 0.25) is 10.0 Å². The van der Waals surface area contributed by atoms with Gasteiger partial charge < -0.3 is 9.84 Å². The number of nitrogens with zero attached hydrogens (tertiary/aromatic N) is 1. The molecule has 1 fully saturated rings. The normalized spacial score (nSPS) is 18.3. The molecule has 0 aromatic heterocycles. The fourth-order valence-corrected chi connectivity index (χ4v) is 3.16. The third-order valence-corrected chi connectivity index (χ3v) is 4.75. The Kier molecular flexibility index (Phi) is 4.57. The van der Waals surface area contributed by atoms with Crippen LogP contribution in [0.2, 0.25) is 0 Å². The molecule has 0 amide bonds. The molecule has 8 nitrogen and oxygen atoms in total. The molecule has 0 unspecified atom stereocenters. The predicted octanol–water partition coefficient (Wildman–Crippen LogP) is 0.415. The Bertz CT molecular complexity index is 624. The smallest absolute Gasteiger partial charge is 0.270 e. The number of non-ortho nitro benzene ring substituents is 1. The third-order valence-electron chi connectivity index (χ3n) is 3.35. The van der Waals surface area contributed by atoms with Gasteiger partial charge in [-0.1, -0.05) is 6.07 Å². The van der Waals surface area contributed by atoms with Crippen molar-refractivity contribution in [2.24, 2.45) is 0 Å². The first-order valence-corrected chi connectivity index (χ1v) is 7.85. The van der Waals surface area contributed by atoms with E-state index in [1.807, 2.05) is 0 Å². The zero-order valence-electron chi connectivity index (χ0n) is 11.2. The topological polar surface area (TPSA) is 119 Å². The first kappa shape index (κ1) is 15.8. The van der Waals surface area contributed by atoms with Crippen molar-refractivity contribution in [1.29, 1.82) is 0 Å². The van der Waals surface area contributed by atoms with E-state index in [1.54, 1.807) is 0 Å². The molecule has 1 aromatic rings. The first-order chi connectivity index (χ1) is 9.82. The molecule has 2 N–H and O–H groups in total. The molecule has 116 valence electrons. The van der Waals surface area contributed by atoms with Crippen LogP contribution in [0.5, 0.6) is 0 Å². The number of sulfonamides is 1. The number of aliphatic hydroxyl groups is 1. The molecule has 2 rings (SSSR count). The summed E-state index contributed by atoms with van der Waals surface area (Å²) in [5, 5.41) is 20.9. The number of nitro benzene ring substituents is 1. The minimum Gasteiger partial charge on any atom is -0.388 e. The second-order valence-corrected chi connectivity index (χ2v) is 6.68. The summed E-state index contributed by atoms with van der Waals surface area (Å²) >= 11 is 0. The van der Waals surface area contributed by atoms with Crippen molar-refractivity contribution >= 4 is 15.7 Å². The minimum atomic E-state index is -3.91. The van der Waals surface area contributed by atoms with E-state index >= 15 is 0 Å². The maximum Gasteiger partial charge on any atom is 0.270 e. The summed E-state index contributed by atoms with van der Waals surface area (Å²) in [5.74, 6) is 0. The second kappa shape index (κ2) is 6.06. The van der Waals surface area contributed by atoms with Crippen molar-refractivity contribution in [1.82, 2.24) is 4.72 Å². The zero-order chi connectivity index (χ0) is 15.5. The predicted molar refractivity (Wildman–Crippen MR) is 73.3 cm³/mol. The molecule has 0 bridgehead atoms. The van der Waals surface area contributed by atoms with E-state index in [0.29, 0.717) is 26.1 Å². The van der Waals surface area contributed by atoms with Crippen LogP contribution in [0.4, 0.5) is 5.69 Å².